The lowest BCUT2D eigenvalue weighted by Crippen LogP contribution is -1.59. The summed E-state index contributed by atoms with van der Waals surface area (Å²) in [6, 6.07) is 0. The van der Waals surface area contributed by atoms with E-state index in [2.05, 4.69) is 23.6 Å². The van der Waals surface area contributed by atoms with Crippen LogP contribution in [0.1, 0.15) is 0 Å². The molecule has 0 heterocycles. The number of nitrogens with one attached hydrogen (secondary N) is 1. The van der Waals surface area contributed by atoms with Crippen molar-refractivity contribution in [3.05, 3.63) is 0 Å². The second kappa shape index (κ2) is 52.5. The molecule has 0 aliphatic carbocycles. The standard InChI is InChI=1S/Cl2HN.3H3N/c1-3-2;;;/h3H;3*1H3. The molecule has 6 heavy (non-hydrogen) atoms. The molecule has 0 aliphatic rings. The van der Waals surface area contributed by atoms with Gasteiger partial charge in [-0.1, -0.05) is 0 Å². The Balaban J connectivity index is -0.00000000667. The lowest BCUT2D eigenvalue weighted by molar-refractivity contribution is 1.69. The van der Waals surface area contributed by atoms with Crippen LogP contribution in [0.2, 0.25) is 0 Å². The maximum absolute atomic E-state index is 4.51. The van der Waals surface area contributed by atoms with Gasteiger partial charge in [-0.15, -0.1) is 4.35 Å². The summed E-state index contributed by atoms with van der Waals surface area (Å²) in [6.07, 6.45) is 0. The molecule has 10 N–H and O–H groups in total. The summed E-state index contributed by atoms with van der Waals surface area (Å²) in [6.45, 7) is 0. The summed E-state index contributed by atoms with van der Waals surface area (Å²) in [4.78, 5) is 0. The molecule has 6 heteroatoms. The van der Waals surface area contributed by atoms with Crippen LogP contribution in [0.3, 0.4) is 0 Å². The SMILES string of the molecule is ClNCl.N.N.N. The van der Waals surface area contributed by atoms with Crippen molar-refractivity contribution in [2.24, 2.45) is 0 Å². The van der Waals surface area contributed by atoms with Crippen molar-refractivity contribution in [1.29, 1.82) is 0 Å². The Hall–Kier alpha value is 0.420. The van der Waals surface area contributed by atoms with Gasteiger partial charge in [-0.2, -0.15) is 0 Å². The van der Waals surface area contributed by atoms with Crippen molar-refractivity contribution in [2.75, 3.05) is 0 Å². The average molecular weight is 137 g/mol. The van der Waals surface area contributed by atoms with Gasteiger partial charge in [0.05, 0.1) is 0 Å². The summed E-state index contributed by atoms with van der Waals surface area (Å²) in [5, 5.41) is 0. The molecule has 0 aromatic carbocycles. The predicted molar refractivity (Wildman–Crippen MR) is 29.9 cm³/mol. The normalized spacial score (nSPS) is 3.00. The van der Waals surface area contributed by atoms with Crippen molar-refractivity contribution in [2.45, 2.75) is 0 Å². The molecule has 0 bridgehead atoms. The predicted octanol–water partition coefficient (Wildman–Crippen LogP) is 1.37. The smallest absolute Gasteiger partial charge is 0.00838 e. The van der Waals surface area contributed by atoms with Gasteiger partial charge in [0.2, 0.25) is 0 Å². The van der Waals surface area contributed by atoms with E-state index in [9.17, 15) is 0 Å². The number of hydrogen-bond acceptors (Lipinski definition) is 4. The minimum absolute atomic E-state index is 0. The van der Waals surface area contributed by atoms with Crippen LogP contribution in [-0.2, 0) is 0 Å². The Bertz CT molecular complexity index is 5.51. The number of hydrogen-bond donors (Lipinski definition) is 4. The first-order chi connectivity index (χ1) is 1.41. The largest absolute Gasteiger partial charge is 0.344 e. The van der Waals surface area contributed by atoms with Crippen molar-refractivity contribution >= 4 is 23.6 Å². The highest BCUT2D eigenvalue weighted by molar-refractivity contribution is 6.33. The first-order valence-corrected chi connectivity index (χ1v) is 1.13. The third-order valence-corrected chi connectivity index (χ3v) is 0. The van der Waals surface area contributed by atoms with Crippen LogP contribution in [0.4, 0.5) is 0 Å². The molecule has 0 aromatic rings. The van der Waals surface area contributed by atoms with Gasteiger partial charge in [0, 0.05) is 0 Å². The van der Waals surface area contributed by atoms with E-state index in [0.717, 1.165) is 0 Å². The molecule has 0 fully saturated rings. The average Bonchev–Trinajstić information content (AvgIpc) is 0.918. The fraction of sp³-hybridized carbons (Fsp3) is 0. The fourth-order valence-corrected chi connectivity index (χ4v) is 0. The van der Waals surface area contributed by atoms with Crippen LogP contribution in [0.15, 0.2) is 0 Å². The minimum Gasteiger partial charge on any atom is -0.344 e. The molecule has 0 atom stereocenters. The molecule has 4 nitrogen and oxygen atoms in total. The molecule has 44 valence electrons. The van der Waals surface area contributed by atoms with Gasteiger partial charge >= 0.3 is 0 Å². The van der Waals surface area contributed by atoms with Gasteiger partial charge in [0.1, 0.15) is 0 Å². The highest BCUT2D eigenvalue weighted by Gasteiger charge is 1.34. The Morgan fingerprint density at radius 2 is 0.833 bits per heavy atom. The molecule has 0 saturated heterocycles. The molecule has 0 spiro atoms. The molecule has 0 amide bonds. The summed E-state index contributed by atoms with van der Waals surface area (Å²) < 4.78 is 1.69. The molecule has 0 unspecified atom stereocenters. The lowest BCUT2D eigenvalue weighted by atomic mass is 13.9. The first kappa shape index (κ1) is 32.2. The van der Waals surface area contributed by atoms with E-state index in [1.54, 1.807) is 4.35 Å². The van der Waals surface area contributed by atoms with Crippen LogP contribution in [0, 0.1) is 0 Å². The van der Waals surface area contributed by atoms with Crippen LogP contribution in [0.25, 0.3) is 0 Å². The van der Waals surface area contributed by atoms with Gasteiger partial charge in [0.25, 0.3) is 0 Å². The van der Waals surface area contributed by atoms with Gasteiger partial charge < -0.3 is 18.5 Å². The van der Waals surface area contributed by atoms with E-state index in [1.165, 1.54) is 0 Å². The van der Waals surface area contributed by atoms with E-state index in [0.29, 0.717) is 0 Å². The molecular formula is H10Cl2N4. The maximum atomic E-state index is 4.51. The molecule has 0 rings (SSSR count). The molecule has 0 saturated carbocycles. The number of halogens is 2. The quantitative estimate of drug-likeness (QED) is 0.377. The van der Waals surface area contributed by atoms with E-state index in [1.807, 2.05) is 0 Å². The Labute approximate surface area is 47.2 Å². The van der Waals surface area contributed by atoms with Crippen LogP contribution >= 0.6 is 23.6 Å². The topological polar surface area (TPSA) is 117 Å². The van der Waals surface area contributed by atoms with Gasteiger partial charge in [-0.05, 0) is 23.6 Å². The highest BCUT2D eigenvalue weighted by atomic mass is 35.5. The minimum atomic E-state index is 0. The zero-order valence-electron chi connectivity index (χ0n) is 3.38. The van der Waals surface area contributed by atoms with Crippen LogP contribution in [0.5, 0.6) is 0 Å². The molecular weight excluding hydrogens is 127 g/mol. The summed E-state index contributed by atoms with van der Waals surface area (Å²) in [7, 11) is 0. The third kappa shape index (κ3) is 293. The lowest BCUT2D eigenvalue weighted by Gasteiger charge is -1.49. The van der Waals surface area contributed by atoms with E-state index >= 15 is 0 Å². The summed E-state index contributed by atoms with van der Waals surface area (Å²) in [5.41, 5.74) is 0. The summed E-state index contributed by atoms with van der Waals surface area (Å²) >= 11 is 9.03. The second-order valence-electron chi connectivity index (χ2n) is 0.0714. The highest BCUT2D eigenvalue weighted by Crippen LogP contribution is 1.57. The van der Waals surface area contributed by atoms with Gasteiger partial charge in [0.15, 0.2) is 0 Å². The van der Waals surface area contributed by atoms with Crippen molar-refractivity contribution in [3.8, 4) is 0 Å². The molecule has 0 aliphatic heterocycles. The Kier molecular flexibility index (Phi) is 282. The molecule has 0 radical (unpaired) electrons. The van der Waals surface area contributed by atoms with Gasteiger partial charge in [-0.25, -0.2) is 0 Å². The van der Waals surface area contributed by atoms with Crippen LogP contribution < -0.4 is 22.8 Å². The van der Waals surface area contributed by atoms with Gasteiger partial charge in [-0.3, -0.25) is 0 Å². The third-order valence-electron chi connectivity index (χ3n) is 0. The van der Waals surface area contributed by atoms with Crippen LogP contribution in [-0.4, -0.2) is 0 Å². The Morgan fingerprint density at radius 3 is 0.833 bits per heavy atom. The van der Waals surface area contributed by atoms with E-state index < -0.39 is 0 Å². The zero-order valence-corrected chi connectivity index (χ0v) is 4.89. The van der Waals surface area contributed by atoms with Crippen molar-refractivity contribution in [1.82, 2.24) is 22.8 Å². The van der Waals surface area contributed by atoms with E-state index in [4.69, 9.17) is 0 Å². The van der Waals surface area contributed by atoms with Crippen molar-refractivity contribution in [3.63, 3.8) is 0 Å². The maximum Gasteiger partial charge on any atom is -0.00838 e. The zero-order chi connectivity index (χ0) is 2.71. The monoisotopic (exact) mass is 136 g/mol. The van der Waals surface area contributed by atoms with Crippen molar-refractivity contribution < 1.29 is 0 Å². The Morgan fingerprint density at radius 1 is 0.833 bits per heavy atom. The summed E-state index contributed by atoms with van der Waals surface area (Å²) in [5.74, 6) is 0. The fourth-order valence-electron chi connectivity index (χ4n) is 0. The first-order valence-electron chi connectivity index (χ1n) is 0.378. The number of rotatable bonds is 0. The second-order valence-corrected chi connectivity index (χ2v) is 0.643. The molecule has 0 aromatic heterocycles. The van der Waals surface area contributed by atoms with E-state index in [-0.39, 0.29) is 18.5 Å².